The van der Waals surface area contributed by atoms with Gasteiger partial charge in [0.25, 0.3) is 0 Å². The van der Waals surface area contributed by atoms with E-state index in [1.807, 2.05) is 40.2 Å². The van der Waals surface area contributed by atoms with Crippen LogP contribution in [0.5, 0.6) is 5.75 Å². The lowest BCUT2D eigenvalue weighted by molar-refractivity contribution is -0.115. The quantitative estimate of drug-likeness (QED) is 0.437. The number of imidazole rings is 1. The Kier molecular flexibility index (Phi) is 5.77. The Labute approximate surface area is 180 Å². The number of hydrogen-bond acceptors (Lipinski definition) is 8. The van der Waals surface area contributed by atoms with Crippen LogP contribution in [-0.4, -0.2) is 40.0 Å². The summed E-state index contributed by atoms with van der Waals surface area (Å²) in [7, 11) is 1.63. The number of anilines is 1. The molecule has 10 heteroatoms. The van der Waals surface area contributed by atoms with Gasteiger partial charge in [-0.05, 0) is 31.2 Å². The number of ether oxygens (including phenoxy) is 2. The zero-order chi connectivity index (χ0) is 21.1. The standard InChI is InChI=1S/C20H18N4O4S2/c1-3-28-18(26)16-11-29-19(21-16)23-17(25)8-13-10-30-20-22-15(9-24(13)20)12-4-6-14(27-2)7-5-12/h4-7,9-11H,3,8H2,1-2H3,(H,21,23,25). The third kappa shape index (κ3) is 4.19. The molecule has 30 heavy (non-hydrogen) atoms. The van der Waals surface area contributed by atoms with E-state index in [1.165, 1.54) is 22.7 Å². The summed E-state index contributed by atoms with van der Waals surface area (Å²) >= 11 is 2.65. The zero-order valence-electron chi connectivity index (χ0n) is 16.2. The molecule has 1 amide bonds. The van der Waals surface area contributed by atoms with E-state index >= 15 is 0 Å². The van der Waals surface area contributed by atoms with Gasteiger partial charge in [0.2, 0.25) is 5.91 Å². The van der Waals surface area contributed by atoms with Crippen molar-refractivity contribution >= 4 is 44.6 Å². The smallest absolute Gasteiger partial charge is 0.357 e. The third-order valence-corrected chi connectivity index (χ3v) is 5.89. The summed E-state index contributed by atoms with van der Waals surface area (Å²) in [6, 6.07) is 7.66. The SMILES string of the molecule is CCOC(=O)c1csc(NC(=O)Cc2csc3nc(-c4ccc(OC)cc4)cn23)n1. The maximum Gasteiger partial charge on any atom is 0.357 e. The molecule has 154 valence electrons. The topological polar surface area (TPSA) is 94.8 Å². The number of thiazole rings is 2. The maximum atomic E-state index is 12.5. The second-order valence-corrected chi connectivity index (χ2v) is 7.91. The second kappa shape index (κ2) is 8.64. The third-order valence-electron chi connectivity index (χ3n) is 4.25. The van der Waals surface area contributed by atoms with Crippen molar-refractivity contribution in [2.75, 3.05) is 19.0 Å². The van der Waals surface area contributed by atoms with Crippen LogP contribution in [0.4, 0.5) is 5.13 Å². The molecule has 0 aliphatic heterocycles. The predicted molar refractivity (Wildman–Crippen MR) is 115 cm³/mol. The molecule has 1 aromatic carbocycles. The van der Waals surface area contributed by atoms with Crippen molar-refractivity contribution in [3.05, 3.63) is 52.6 Å². The number of methoxy groups -OCH3 is 1. The Balaban J connectivity index is 1.46. The number of carbonyl (C=O) groups excluding carboxylic acids is 2. The molecule has 8 nitrogen and oxygen atoms in total. The van der Waals surface area contributed by atoms with Crippen LogP contribution in [0, 0.1) is 0 Å². The fraction of sp³-hybridized carbons (Fsp3) is 0.200. The van der Waals surface area contributed by atoms with Gasteiger partial charge in [-0.25, -0.2) is 14.8 Å². The molecule has 0 aliphatic rings. The van der Waals surface area contributed by atoms with E-state index in [0.717, 1.165) is 27.7 Å². The average molecular weight is 443 g/mol. The number of aromatic nitrogens is 3. The minimum atomic E-state index is -0.502. The highest BCUT2D eigenvalue weighted by atomic mass is 32.1. The summed E-state index contributed by atoms with van der Waals surface area (Å²) < 4.78 is 12.0. The first-order valence-electron chi connectivity index (χ1n) is 9.09. The molecule has 0 spiro atoms. The Morgan fingerprint density at radius 1 is 1.13 bits per heavy atom. The van der Waals surface area contributed by atoms with Gasteiger partial charge in [-0.15, -0.1) is 22.7 Å². The zero-order valence-corrected chi connectivity index (χ0v) is 17.9. The Hall–Kier alpha value is -3.24. The van der Waals surface area contributed by atoms with E-state index in [9.17, 15) is 9.59 Å². The van der Waals surface area contributed by atoms with Crippen molar-refractivity contribution in [2.24, 2.45) is 0 Å². The molecular weight excluding hydrogens is 424 g/mol. The molecule has 0 saturated carbocycles. The van der Waals surface area contributed by atoms with Crippen LogP contribution in [0.3, 0.4) is 0 Å². The molecule has 4 rings (SSSR count). The normalized spacial score (nSPS) is 10.9. The summed E-state index contributed by atoms with van der Waals surface area (Å²) in [6.07, 6.45) is 2.07. The molecule has 0 fully saturated rings. The molecular formula is C20H18N4O4S2. The summed E-state index contributed by atoms with van der Waals surface area (Å²) in [6.45, 7) is 2.00. The largest absolute Gasteiger partial charge is 0.497 e. The van der Waals surface area contributed by atoms with Gasteiger partial charge < -0.3 is 14.8 Å². The van der Waals surface area contributed by atoms with Crippen molar-refractivity contribution in [3.8, 4) is 17.0 Å². The van der Waals surface area contributed by atoms with Gasteiger partial charge in [0.15, 0.2) is 15.8 Å². The molecule has 0 atom stereocenters. The second-order valence-electron chi connectivity index (χ2n) is 6.22. The van der Waals surface area contributed by atoms with Crippen molar-refractivity contribution in [3.63, 3.8) is 0 Å². The molecule has 1 N–H and O–H groups in total. The van der Waals surface area contributed by atoms with E-state index in [1.54, 1.807) is 19.4 Å². The minimum absolute atomic E-state index is 0.159. The van der Waals surface area contributed by atoms with E-state index in [4.69, 9.17) is 9.47 Å². The van der Waals surface area contributed by atoms with Gasteiger partial charge in [-0.2, -0.15) is 0 Å². The summed E-state index contributed by atoms with van der Waals surface area (Å²) in [5.74, 6) is 0.0582. The predicted octanol–water partition coefficient (Wildman–Crippen LogP) is 3.89. The van der Waals surface area contributed by atoms with E-state index in [2.05, 4.69) is 15.3 Å². The Morgan fingerprint density at radius 3 is 2.67 bits per heavy atom. The number of esters is 1. The lowest BCUT2D eigenvalue weighted by atomic mass is 10.2. The van der Waals surface area contributed by atoms with Crippen LogP contribution in [0.25, 0.3) is 16.2 Å². The van der Waals surface area contributed by atoms with Crippen LogP contribution >= 0.6 is 22.7 Å². The monoisotopic (exact) mass is 442 g/mol. The number of hydrogen-bond donors (Lipinski definition) is 1. The summed E-state index contributed by atoms with van der Waals surface area (Å²) in [4.78, 5) is 33.7. The van der Waals surface area contributed by atoms with Crippen LogP contribution in [0.1, 0.15) is 23.1 Å². The number of benzene rings is 1. The molecule has 3 aromatic heterocycles. The Morgan fingerprint density at radius 2 is 1.93 bits per heavy atom. The lowest BCUT2D eigenvalue weighted by Crippen LogP contribution is -2.15. The molecule has 0 saturated heterocycles. The molecule has 0 bridgehead atoms. The average Bonchev–Trinajstić information content (AvgIpc) is 3.46. The van der Waals surface area contributed by atoms with Crippen molar-refractivity contribution in [1.82, 2.24) is 14.4 Å². The van der Waals surface area contributed by atoms with Gasteiger partial charge >= 0.3 is 5.97 Å². The van der Waals surface area contributed by atoms with Gasteiger partial charge in [0.1, 0.15) is 5.75 Å². The molecule has 4 aromatic rings. The van der Waals surface area contributed by atoms with Crippen LogP contribution < -0.4 is 10.1 Å². The van der Waals surface area contributed by atoms with Crippen molar-refractivity contribution < 1.29 is 19.1 Å². The highest BCUT2D eigenvalue weighted by Gasteiger charge is 2.16. The molecule has 0 aliphatic carbocycles. The van der Waals surface area contributed by atoms with E-state index < -0.39 is 5.97 Å². The minimum Gasteiger partial charge on any atom is -0.497 e. The maximum absolute atomic E-state index is 12.5. The van der Waals surface area contributed by atoms with E-state index in [-0.39, 0.29) is 24.6 Å². The van der Waals surface area contributed by atoms with Crippen LogP contribution in [0.2, 0.25) is 0 Å². The highest BCUT2D eigenvalue weighted by molar-refractivity contribution is 7.15. The fourth-order valence-corrected chi connectivity index (χ4v) is 4.38. The number of amides is 1. The van der Waals surface area contributed by atoms with Gasteiger partial charge in [0.05, 0.1) is 25.8 Å². The van der Waals surface area contributed by atoms with Crippen LogP contribution in [0.15, 0.2) is 41.2 Å². The number of nitrogens with zero attached hydrogens (tertiary/aromatic N) is 3. The number of fused-ring (bicyclic) bond motifs is 1. The summed E-state index contributed by atoms with van der Waals surface area (Å²) in [5.41, 5.74) is 2.80. The first kappa shape index (κ1) is 20.0. The van der Waals surface area contributed by atoms with E-state index in [0.29, 0.717) is 5.13 Å². The molecule has 0 radical (unpaired) electrons. The highest BCUT2D eigenvalue weighted by Crippen LogP contribution is 2.26. The van der Waals surface area contributed by atoms with Gasteiger partial charge in [-0.1, -0.05) is 0 Å². The first-order chi connectivity index (χ1) is 14.6. The van der Waals surface area contributed by atoms with Crippen LogP contribution in [-0.2, 0) is 16.0 Å². The number of nitrogens with one attached hydrogen (secondary N) is 1. The Bertz CT molecular complexity index is 1190. The lowest BCUT2D eigenvalue weighted by Gasteiger charge is -2.02. The first-order valence-corrected chi connectivity index (χ1v) is 10.9. The summed E-state index contributed by atoms with van der Waals surface area (Å²) in [5, 5.41) is 6.56. The van der Waals surface area contributed by atoms with Gasteiger partial charge in [-0.3, -0.25) is 9.20 Å². The van der Waals surface area contributed by atoms with Gasteiger partial charge in [0, 0.05) is 28.2 Å². The van der Waals surface area contributed by atoms with Crippen molar-refractivity contribution in [1.29, 1.82) is 0 Å². The molecule has 3 heterocycles. The number of rotatable bonds is 7. The van der Waals surface area contributed by atoms with Crippen molar-refractivity contribution in [2.45, 2.75) is 13.3 Å². The molecule has 0 unspecified atom stereocenters. The fourth-order valence-electron chi connectivity index (χ4n) is 2.82. The number of carbonyl (C=O) groups is 2.